The van der Waals surface area contributed by atoms with E-state index >= 15 is 0 Å². The molecule has 4 aromatic rings. The van der Waals surface area contributed by atoms with E-state index < -0.39 is 0 Å². The van der Waals surface area contributed by atoms with Gasteiger partial charge in [0.2, 0.25) is 11.7 Å². The third-order valence-corrected chi connectivity index (χ3v) is 5.58. The molecule has 4 aromatic heterocycles. The van der Waals surface area contributed by atoms with Crippen molar-refractivity contribution in [2.75, 3.05) is 10.6 Å². The van der Waals surface area contributed by atoms with E-state index in [0.29, 0.717) is 40.1 Å². The molecule has 0 radical (unpaired) electrons. The Morgan fingerprint density at radius 2 is 2.12 bits per heavy atom. The minimum Gasteiger partial charge on any atom is -0.366 e. The first-order chi connectivity index (χ1) is 15.5. The molecule has 0 aliphatic heterocycles. The third-order valence-electron chi connectivity index (χ3n) is 5.58. The summed E-state index contributed by atoms with van der Waals surface area (Å²) in [6.07, 6.45) is 9.22. The van der Waals surface area contributed by atoms with Gasteiger partial charge in [-0.05, 0) is 18.9 Å². The summed E-state index contributed by atoms with van der Waals surface area (Å²) in [6, 6.07) is 2.09. The van der Waals surface area contributed by atoms with Crippen LogP contribution in [-0.2, 0) is 7.05 Å². The lowest BCUT2D eigenvalue weighted by atomic mass is 9.91. The Morgan fingerprint density at radius 3 is 2.91 bits per heavy atom. The number of aromatic nitrogens is 7. The summed E-state index contributed by atoms with van der Waals surface area (Å²) in [7, 11) is 1.75. The second-order valence-corrected chi connectivity index (χ2v) is 7.99. The van der Waals surface area contributed by atoms with Gasteiger partial charge in [0.05, 0.1) is 11.9 Å². The van der Waals surface area contributed by atoms with Crippen molar-refractivity contribution >= 4 is 23.1 Å². The number of rotatable bonds is 5. The molecule has 5 rings (SSSR count). The molecule has 166 valence electrons. The van der Waals surface area contributed by atoms with E-state index in [2.05, 4.69) is 36.0 Å². The van der Waals surface area contributed by atoms with Crippen LogP contribution in [0.2, 0.25) is 0 Å². The molecule has 32 heavy (non-hydrogen) atoms. The van der Waals surface area contributed by atoms with Crippen molar-refractivity contribution < 1.29 is 9.32 Å². The highest BCUT2D eigenvalue weighted by atomic mass is 16.5. The molecule has 4 heterocycles. The van der Waals surface area contributed by atoms with E-state index in [4.69, 9.17) is 10.3 Å². The maximum atomic E-state index is 13.1. The van der Waals surface area contributed by atoms with Crippen LogP contribution in [0, 0.1) is 6.92 Å². The first kappa shape index (κ1) is 20.1. The van der Waals surface area contributed by atoms with E-state index in [1.807, 2.05) is 6.07 Å². The van der Waals surface area contributed by atoms with Gasteiger partial charge in [0, 0.05) is 38.4 Å². The van der Waals surface area contributed by atoms with E-state index in [0.717, 1.165) is 25.7 Å². The molecule has 1 aliphatic rings. The summed E-state index contributed by atoms with van der Waals surface area (Å²) in [6.45, 7) is 1.69. The van der Waals surface area contributed by atoms with Crippen molar-refractivity contribution in [3.8, 4) is 11.5 Å². The number of hydrogen-bond acceptors (Lipinski definition) is 9. The van der Waals surface area contributed by atoms with Crippen LogP contribution in [-0.4, -0.2) is 52.5 Å². The largest absolute Gasteiger partial charge is 0.366 e. The van der Waals surface area contributed by atoms with Crippen LogP contribution < -0.4 is 16.4 Å². The molecular weight excluding hydrogens is 412 g/mol. The topological polar surface area (TPSA) is 154 Å². The molecule has 1 saturated carbocycles. The van der Waals surface area contributed by atoms with E-state index in [1.165, 1.54) is 6.20 Å². The molecule has 2 atom stereocenters. The van der Waals surface area contributed by atoms with Crippen molar-refractivity contribution in [3.63, 3.8) is 0 Å². The number of nitrogens with two attached hydrogens (primary N) is 1. The molecule has 0 unspecified atom stereocenters. The van der Waals surface area contributed by atoms with Crippen LogP contribution in [0.1, 0.15) is 41.9 Å². The van der Waals surface area contributed by atoms with Crippen molar-refractivity contribution in [2.24, 2.45) is 12.8 Å². The maximum absolute atomic E-state index is 13.1. The zero-order chi connectivity index (χ0) is 22.2. The third kappa shape index (κ3) is 3.80. The van der Waals surface area contributed by atoms with E-state index in [1.54, 1.807) is 35.6 Å². The molecule has 1 aliphatic carbocycles. The Morgan fingerprint density at radius 1 is 1.28 bits per heavy atom. The van der Waals surface area contributed by atoms with Gasteiger partial charge in [-0.1, -0.05) is 18.0 Å². The summed E-state index contributed by atoms with van der Waals surface area (Å²) in [4.78, 5) is 21.9. The number of aryl methyl sites for hydroxylation is 2. The number of anilines is 2. The first-order valence-corrected chi connectivity index (χ1v) is 10.5. The summed E-state index contributed by atoms with van der Waals surface area (Å²) in [5.74, 6) is 1.01. The fourth-order valence-corrected chi connectivity index (χ4v) is 3.97. The van der Waals surface area contributed by atoms with Gasteiger partial charge in [-0.25, -0.2) is 9.50 Å². The van der Waals surface area contributed by atoms with Crippen LogP contribution in [0.4, 0.5) is 11.5 Å². The lowest BCUT2D eigenvalue weighted by Gasteiger charge is -2.29. The predicted octanol–water partition coefficient (Wildman–Crippen LogP) is 1.76. The van der Waals surface area contributed by atoms with Crippen LogP contribution >= 0.6 is 0 Å². The highest BCUT2D eigenvalue weighted by Gasteiger charge is 2.23. The predicted molar refractivity (Wildman–Crippen MR) is 116 cm³/mol. The number of fused-ring (bicyclic) bond motifs is 1. The number of amides is 1. The first-order valence-electron chi connectivity index (χ1n) is 10.5. The summed E-state index contributed by atoms with van der Waals surface area (Å²) >= 11 is 0. The number of hydrogen-bond donors (Lipinski definition) is 3. The van der Waals surface area contributed by atoms with Crippen LogP contribution in [0.15, 0.2) is 29.2 Å². The van der Waals surface area contributed by atoms with Crippen LogP contribution in [0.3, 0.4) is 0 Å². The normalized spacial score (nSPS) is 18.7. The van der Waals surface area contributed by atoms with Crippen molar-refractivity contribution in [1.29, 1.82) is 0 Å². The molecule has 0 spiro atoms. The van der Waals surface area contributed by atoms with Crippen LogP contribution in [0.5, 0.6) is 0 Å². The summed E-state index contributed by atoms with van der Waals surface area (Å²) < 4.78 is 8.17. The van der Waals surface area contributed by atoms with Crippen molar-refractivity contribution in [1.82, 2.24) is 34.5 Å². The average molecular weight is 436 g/mol. The van der Waals surface area contributed by atoms with Gasteiger partial charge >= 0.3 is 0 Å². The molecule has 12 heteroatoms. The van der Waals surface area contributed by atoms with Gasteiger partial charge in [0.25, 0.3) is 5.91 Å². The number of carbonyl (C=O) groups is 1. The molecule has 0 bridgehead atoms. The van der Waals surface area contributed by atoms with Gasteiger partial charge in [-0.3, -0.25) is 9.48 Å². The lowest BCUT2D eigenvalue weighted by molar-refractivity contribution is 0.102. The van der Waals surface area contributed by atoms with Gasteiger partial charge in [0.1, 0.15) is 11.4 Å². The minimum atomic E-state index is -0.367. The smallest absolute Gasteiger partial charge is 0.261 e. The second kappa shape index (κ2) is 8.04. The minimum absolute atomic E-state index is 0.0900. The lowest BCUT2D eigenvalue weighted by Crippen LogP contribution is -2.42. The van der Waals surface area contributed by atoms with Crippen molar-refractivity contribution in [3.05, 3.63) is 36.1 Å². The van der Waals surface area contributed by atoms with Gasteiger partial charge in [-0.15, -0.1) is 0 Å². The Hall–Kier alpha value is -3.80. The number of nitrogens with one attached hydrogen (secondary N) is 2. The molecule has 0 aromatic carbocycles. The Labute approximate surface area is 183 Å². The standard InChI is InChI=1S/C20H24N10O2/c1-11-23-18(28-32-11)17-15(10-29(2)27-17)25-20(31)12-9-22-30-8-7-16(26-19(12)30)24-14-6-4-3-5-13(14)21/h7-10,13-14H,3-6,21H2,1-2H3,(H,24,26)(H,25,31)/t13-,14+/m0/s1. The van der Waals surface area contributed by atoms with E-state index in [9.17, 15) is 4.79 Å². The van der Waals surface area contributed by atoms with Crippen LogP contribution in [0.25, 0.3) is 17.2 Å². The highest BCUT2D eigenvalue weighted by molar-refractivity contribution is 6.09. The van der Waals surface area contributed by atoms with E-state index in [-0.39, 0.29) is 18.0 Å². The molecular formula is C20H24N10O2. The Kier molecular flexibility index (Phi) is 5.05. The quantitative estimate of drug-likeness (QED) is 0.424. The molecule has 1 fully saturated rings. The SMILES string of the molecule is Cc1nc(-c2nn(C)cc2NC(=O)c2cnn3ccc(N[C@@H]4CCCC[C@@H]4N)nc23)no1. The maximum Gasteiger partial charge on any atom is 0.261 e. The molecule has 12 nitrogen and oxygen atoms in total. The van der Waals surface area contributed by atoms with Crippen molar-refractivity contribution in [2.45, 2.75) is 44.7 Å². The molecule has 1 amide bonds. The number of nitrogens with zero attached hydrogens (tertiary/aromatic N) is 7. The summed E-state index contributed by atoms with van der Waals surface area (Å²) in [5.41, 5.74) is 7.90. The highest BCUT2D eigenvalue weighted by Crippen LogP contribution is 2.25. The zero-order valence-electron chi connectivity index (χ0n) is 17.8. The second-order valence-electron chi connectivity index (χ2n) is 7.99. The summed E-state index contributed by atoms with van der Waals surface area (Å²) in [5, 5.41) is 18.8. The number of carbonyl (C=O) groups excluding carboxylic acids is 1. The fraction of sp³-hybridized carbons (Fsp3) is 0.400. The molecule has 4 N–H and O–H groups in total. The Bertz CT molecular complexity index is 1270. The average Bonchev–Trinajstić information content (AvgIpc) is 3.47. The monoisotopic (exact) mass is 436 g/mol. The molecule has 0 saturated heterocycles. The Balaban J connectivity index is 1.41. The fourth-order valence-electron chi connectivity index (χ4n) is 3.97. The van der Waals surface area contributed by atoms with Gasteiger partial charge in [-0.2, -0.15) is 15.2 Å². The van der Waals surface area contributed by atoms with Gasteiger partial charge in [0.15, 0.2) is 11.3 Å². The zero-order valence-corrected chi connectivity index (χ0v) is 17.8. The van der Waals surface area contributed by atoms with Gasteiger partial charge < -0.3 is 20.9 Å².